The fraction of sp³-hybridized carbons (Fsp3) is 0.600. The number of rotatable bonds is 5. The third-order valence-electron chi connectivity index (χ3n) is 3.31. The third kappa shape index (κ3) is 3.18. The normalized spacial score (nSPS) is 17.0. The second kappa shape index (κ2) is 5.50. The van der Waals surface area contributed by atoms with Crippen molar-refractivity contribution in [3.05, 3.63) is 28.8 Å². The van der Waals surface area contributed by atoms with Crippen LogP contribution in [-0.4, -0.2) is 17.7 Å². The lowest BCUT2D eigenvalue weighted by Crippen LogP contribution is -2.30. The number of aliphatic hydroxyl groups is 1. The molecule has 1 aromatic carbocycles. The maximum absolute atomic E-state index is 9.57. The fourth-order valence-electron chi connectivity index (χ4n) is 2.24. The van der Waals surface area contributed by atoms with E-state index >= 15 is 0 Å². The number of hydrogen-bond acceptors (Lipinski definition) is 2. The van der Waals surface area contributed by atoms with Gasteiger partial charge in [0, 0.05) is 12.6 Å². The highest BCUT2D eigenvalue weighted by molar-refractivity contribution is 6.33. The van der Waals surface area contributed by atoms with Crippen molar-refractivity contribution in [3.8, 4) is 0 Å². The first-order chi connectivity index (χ1) is 8.49. The lowest BCUT2D eigenvalue weighted by molar-refractivity contribution is 0.199. The second-order valence-corrected chi connectivity index (χ2v) is 6.07. The van der Waals surface area contributed by atoms with Gasteiger partial charge in [-0.15, -0.1) is 0 Å². The Labute approximate surface area is 115 Å². The summed E-state index contributed by atoms with van der Waals surface area (Å²) in [6.45, 7) is 7.26. The molecule has 0 saturated heterocycles. The molecule has 2 nitrogen and oxygen atoms in total. The molecule has 18 heavy (non-hydrogen) atoms. The molecule has 0 heterocycles. The summed E-state index contributed by atoms with van der Waals surface area (Å²) in [5.74, 6) is 0.623. The summed E-state index contributed by atoms with van der Waals surface area (Å²) in [4.78, 5) is 2.42. The van der Waals surface area contributed by atoms with E-state index in [2.05, 4.69) is 18.7 Å². The van der Waals surface area contributed by atoms with Crippen molar-refractivity contribution in [3.63, 3.8) is 0 Å². The first kappa shape index (κ1) is 13.7. The highest BCUT2D eigenvalue weighted by atomic mass is 35.5. The predicted molar refractivity (Wildman–Crippen MR) is 77.3 cm³/mol. The van der Waals surface area contributed by atoms with Crippen LogP contribution in [0.4, 0.5) is 5.69 Å². The molecule has 2 rings (SSSR count). The van der Waals surface area contributed by atoms with Crippen LogP contribution < -0.4 is 4.90 Å². The molecule has 0 unspecified atom stereocenters. The highest BCUT2D eigenvalue weighted by Gasteiger charge is 2.30. The number of anilines is 1. The Kier molecular flexibility index (Phi) is 4.18. The van der Waals surface area contributed by atoms with Crippen molar-refractivity contribution in [2.75, 3.05) is 11.4 Å². The van der Waals surface area contributed by atoms with E-state index in [1.807, 2.05) is 18.2 Å². The van der Waals surface area contributed by atoms with E-state index in [-0.39, 0.29) is 0 Å². The van der Waals surface area contributed by atoms with Gasteiger partial charge >= 0.3 is 0 Å². The van der Waals surface area contributed by atoms with Gasteiger partial charge in [0.2, 0.25) is 0 Å². The lowest BCUT2D eigenvalue weighted by Gasteiger charge is -2.28. The molecule has 0 aromatic heterocycles. The first-order valence-electron chi connectivity index (χ1n) is 6.73. The average molecular weight is 268 g/mol. The van der Waals surface area contributed by atoms with Crippen LogP contribution in [0.3, 0.4) is 0 Å². The van der Waals surface area contributed by atoms with E-state index in [0.717, 1.165) is 22.8 Å². The smallest absolute Gasteiger partial charge is 0.0762 e. The molecule has 1 aromatic rings. The third-order valence-corrected chi connectivity index (χ3v) is 3.62. The molecule has 0 aliphatic heterocycles. The van der Waals surface area contributed by atoms with Gasteiger partial charge in [-0.05, 0) is 43.4 Å². The van der Waals surface area contributed by atoms with Crippen LogP contribution in [0.25, 0.3) is 0 Å². The number of aliphatic hydroxyl groups excluding tert-OH is 1. The van der Waals surface area contributed by atoms with Gasteiger partial charge in [0.15, 0.2) is 0 Å². The minimum Gasteiger partial charge on any atom is -0.389 e. The number of nitrogens with zero attached hydrogens (tertiary/aromatic N) is 1. The molecule has 3 heteroatoms. The van der Waals surface area contributed by atoms with Crippen molar-refractivity contribution in [2.24, 2.45) is 5.92 Å². The molecule has 0 spiro atoms. The Balaban J connectivity index is 2.24. The van der Waals surface area contributed by atoms with Crippen molar-refractivity contribution < 1.29 is 5.11 Å². The van der Waals surface area contributed by atoms with Crippen LogP contribution in [0.5, 0.6) is 0 Å². The zero-order chi connectivity index (χ0) is 13.3. The monoisotopic (exact) mass is 267 g/mol. The first-order valence-corrected chi connectivity index (χ1v) is 7.11. The molecule has 0 bridgehead atoms. The van der Waals surface area contributed by atoms with Gasteiger partial charge in [-0.2, -0.15) is 0 Å². The zero-order valence-corrected chi connectivity index (χ0v) is 12.1. The molecule has 1 atom stereocenters. The van der Waals surface area contributed by atoms with Gasteiger partial charge in [0.1, 0.15) is 0 Å². The minimum absolute atomic E-state index is 0.462. The SMILES string of the molecule is CC(C)CN(c1ccc([C@H](C)O)cc1Cl)C1CC1. The molecule has 1 saturated carbocycles. The Morgan fingerprint density at radius 3 is 2.44 bits per heavy atom. The van der Waals surface area contributed by atoms with Crippen LogP contribution in [-0.2, 0) is 0 Å². The molecule has 0 amide bonds. The van der Waals surface area contributed by atoms with Gasteiger partial charge in [-0.1, -0.05) is 31.5 Å². The van der Waals surface area contributed by atoms with Crippen molar-refractivity contribution in [2.45, 2.75) is 45.8 Å². The van der Waals surface area contributed by atoms with E-state index in [9.17, 15) is 5.11 Å². The maximum atomic E-state index is 9.57. The van der Waals surface area contributed by atoms with E-state index in [1.165, 1.54) is 12.8 Å². The molecule has 1 N–H and O–H groups in total. The summed E-state index contributed by atoms with van der Waals surface area (Å²) < 4.78 is 0. The second-order valence-electron chi connectivity index (χ2n) is 5.66. The fourth-order valence-corrected chi connectivity index (χ4v) is 2.54. The molecule has 1 fully saturated rings. The van der Waals surface area contributed by atoms with Crippen LogP contribution >= 0.6 is 11.6 Å². The molecular weight excluding hydrogens is 246 g/mol. The van der Waals surface area contributed by atoms with Gasteiger partial charge in [-0.3, -0.25) is 0 Å². The number of halogens is 1. The Morgan fingerprint density at radius 1 is 1.33 bits per heavy atom. The van der Waals surface area contributed by atoms with Gasteiger partial charge in [-0.25, -0.2) is 0 Å². The Morgan fingerprint density at radius 2 is 2.00 bits per heavy atom. The van der Waals surface area contributed by atoms with E-state index in [4.69, 9.17) is 11.6 Å². The summed E-state index contributed by atoms with van der Waals surface area (Å²) in [6, 6.07) is 6.56. The summed E-state index contributed by atoms with van der Waals surface area (Å²) in [5, 5.41) is 10.3. The van der Waals surface area contributed by atoms with Crippen LogP contribution in [0.2, 0.25) is 5.02 Å². The van der Waals surface area contributed by atoms with Crippen molar-refractivity contribution in [1.29, 1.82) is 0 Å². The van der Waals surface area contributed by atoms with Gasteiger partial charge < -0.3 is 10.0 Å². The zero-order valence-electron chi connectivity index (χ0n) is 11.4. The highest BCUT2D eigenvalue weighted by Crippen LogP contribution is 2.37. The summed E-state index contributed by atoms with van der Waals surface area (Å²) in [5.41, 5.74) is 1.99. The van der Waals surface area contributed by atoms with E-state index < -0.39 is 6.10 Å². The van der Waals surface area contributed by atoms with Crippen molar-refractivity contribution >= 4 is 17.3 Å². The molecular formula is C15H22ClNO. The average Bonchev–Trinajstić information content (AvgIpc) is 3.09. The van der Waals surface area contributed by atoms with E-state index in [0.29, 0.717) is 12.0 Å². The van der Waals surface area contributed by atoms with E-state index in [1.54, 1.807) is 6.92 Å². The summed E-state index contributed by atoms with van der Waals surface area (Å²) in [7, 11) is 0. The maximum Gasteiger partial charge on any atom is 0.0762 e. The minimum atomic E-state index is -0.462. The summed E-state index contributed by atoms with van der Waals surface area (Å²) >= 11 is 6.37. The van der Waals surface area contributed by atoms with Crippen LogP contribution in [0, 0.1) is 5.92 Å². The molecule has 100 valence electrons. The largest absolute Gasteiger partial charge is 0.389 e. The van der Waals surface area contributed by atoms with Crippen LogP contribution in [0.15, 0.2) is 18.2 Å². The number of hydrogen-bond donors (Lipinski definition) is 1. The molecule has 0 radical (unpaired) electrons. The van der Waals surface area contributed by atoms with Gasteiger partial charge in [0.05, 0.1) is 16.8 Å². The lowest BCUT2D eigenvalue weighted by atomic mass is 10.1. The standard InChI is InChI=1S/C15H22ClNO/c1-10(2)9-17(13-5-6-13)15-7-4-12(11(3)18)8-14(15)16/h4,7-8,10-11,13,18H,5-6,9H2,1-3H3/t11-/m0/s1. The number of benzene rings is 1. The van der Waals surface area contributed by atoms with Crippen molar-refractivity contribution in [1.82, 2.24) is 0 Å². The Bertz CT molecular complexity index is 413. The quantitative estimate of drug-likeness (QED) is 0.871. The Hall–Kier alpha value is -0.730. The molecule has 1 aliphatic carbocycles. The summed E-state index contributed by atoms with van der Waals surface area (Å²) in [6.07, 6.45) is 2.07. The van der Waals surface area contributed by atoms with Gasteiger partial charge in [0.25, 0.3) is 0 Å². The molecule has 1 aliphatic rings. The van der Waals surface area contributed by atoms with Crippen LogP contribution in [0.1, 0.15) is 45.3 Å². The topological polar surface area (TPSA) is 23.5 Å². The predicted octanol–water partition coefficient (Wildman–Crippen LogP) is 4.02.